The molecule has 1 saturated carbocycles. The number of aryl methyl sites for hydroxylation is 1. The fourth-order valence-corrected chi connectivity index (χ4v) is 3.47. The molecule has 0 amide bonds. The van der Waals surface area contributed by atoms with Crippen LogP contribution in [0.4, 0.5) is 5.69 Å². The maximum atomic E-state index is 12.3. The van der Waals surface area contributed by atoms with Crippen LogP contribution in [0.25, 0.3) is 11.0 Å². The van der Waals surface area contributed by atoms with E-state index in [1.807, 2.05) is 7.05 Å². The van der Waals surface area contributed by atoms with Crippen molar-refractivity contribution in [1.29, 1.82) is 0 Å². The third-order valence-corrected chi connectivity index (χ3v) is 4.89. The standard InChI is InChI=1S/C18H26N4O3/c1-3-25-17(23)14-10-19-16-13(11-21-22(16)2)15(14)20-12-18(24)8-6-4-5-7-9-18/h10-11,24H,3-9,12H2,1-2H3,(H,19,20). The van der Waals surface area contributed by atoms with Gasteiger partial charge in [-0.3, -0.25) is 4.68 Å². The van der Waals surface area contributed by atoms with Crippen LogP contribution in [0.1, 0.15) is 55.8 Å². The lowest BCUT2D eigenvalue weighted by Gasteiger charge is -2.28. The number of nitrogens with zero attached hydrogens (tertiary/aromatic N) is 3. The SMILES string of the molecule is CCOC(=O)c1cnc2c(cnn2C)c1NCC1(O)CCCCCC1. The predicted octanol–water partition coefficient (Wildman–Crippen LogP) is 2.64. The molecule has 1 aliphatic rings. The summed E-state index contributed by atoms with van der Waals surface area (Å²) in [5.41, 5.74) is 0.942. The summed E-state index contributed by atoms with van der Waals surface area (Å²) in [6.45, 7) is 2.47. The Morgan fingerprint density at radius 1 is 1.32 bits per heavy atom. The molecule has 0 spiro atoms. The molecule has 0 atom stereocenters. The highest BCUT2D eigenvalue weighted by Crippen LogP contribution is 2.30. The van der Waals surface area contributed by atoms with Gasteiger partial charge in [0.05, 0.1) is 29.5 Å². The molecule has 2 N–H and O–H groups in total. The number of carbonyl (C=O) groups excluding carboxylic acids is 1. The molecule has 2 heterocycles. The van der Waals surface area contributed by atoms with E-state index < -0.39 is 11.6 Å². The molecule has 0 unspecified atom stereocenters. The first-order chi connectivity index (χ1) is 12.0. The van der Waals surface area contributed by atoms with Gasteiger partial charge in [-0.05, 0) is 19.8 Å². The van der Waals surface area contributed by atoms with Crippen LogP contribution in [0.3, 0.4) is 0 Å². The van der Waals surface area contributed by atoms with E-state index in [4.69, 9.17) is 4.74 Å². The summed E-state index contributed by atoms with van der Waals surface area (Å²) >= 11 is 0. The van der Waals surface area contributed by atoms with E-state index in [0.717, 1.165) is 31.1 Å². The van der Waals surface area contributed by atoms with Gasteiger partial charge in [-0.2, -0.15) is 5.10 Å². The van der Waals surface area contributed by atoms with Crippen LogP contribution in [0.15, 0.2) is 12.4 Å². The van der Waals surface area contributed by atoms with Gasteiger partial charge in [0.1, 0.15) is 5.56 Å². The number of carbonyl (C=O) groups is 1. The minimum atomic E-state index is -0.750. The van der Waals surface area contributed by atoms with Crippen molar-refractivity contribution in [3.05, 3.63) is 18.0 Å². The zero-order valence-corrected chi connectivity index (χ0v) is 14.9. The van der Waals surface area contributed by atoms with Gasteiger partial charge < -0.3 is 15.2 Å². The van der Waals surface area contributed by atoms with Crippen molar-refractivity contribution in [2.75, 3.05) is 18.5 Å². The highest BCUT2D eigenvalue weighted by atomic mass is 16.5. The molecular formula is C18H26N4O3. The molecule has 2 aromatic heterocycles. The molecule has 25 heavy (non-hydrogen) atoms. The molecule has 136 valence electrons. The van der Waals surface area contributed by atoms with E-state index in [0.29, 0.717) is 30.0 Å². The molecule has 0 saturated heterocycles. The van der Waals surface area contributed by atoms with E-state index in [1.54, 1.807) is 17.8 Å². The van der Waals surface area contributed by atoms with Gasteiger partial charge in [-0.25, -0.2) is 9.78 Å². The third-order valence-electron chi connectivity index (χ3n) is 4.89. The van der Waals surface area contributed by atoms with Crippen molar-refractivity contribution in [3.8, 4) is 0 Å². The normalized spacial score (nSPS) is 17.2. The minimum Gasteiger partial charge on any atom is -0.462 e. The highest BCUT2D eigenvalue weighted by Gasteiger charge is 2.29. The second kappa shape index (κ2) is 7.39. The topological polar surface area (TPSA) is 89.3 Å². The number of rotatable bonds is 5. The third kappa shape index (κ3) is 3.76. The number of aromatic nitrogens is 3. The molecule has 1 fully saturated rings. The monoisotopic (exact) mass is 346 g/mol. The van der Waals surface area contributed by atoms with Gasteiger partial charge >= 0.3 is 5.97 Å². The Kier molecular flexibility index (Phi) is 5.22. The molecule has 0 bridgehead atoms. The number of ether oxygens (including phenoxy) is 1. The van der Waals surface area contributed by atoms with Crippen LogP contribution in [-0.2, 0) is 11.8 Å². The highest BCUT2D eigenvalue weighted by molar-refractivity contribution is 6.04. The molecule has 0 aliphatic heterocycles. The average Bonchev–Trinajstić information content (AvgIpc) is 2.83. The molecule has 0 aromatic carbocycles. The predicted molar refractivity (Wildman–Crippen MR) is 95.6 cm³/mol. The summed E-state index contributed by atoms with van der Waals surface area (Å²) in [4.78, 5) is 16.6. The fraction of sp³-hybridized carbons (Fsp3) is 0.611. The number of pyridine rings is 1. The molecule has 3 rings (SSSR count). The number of esters is 1. The Balaban J connectivity index is 1.92. The van der Waals surface area contributed by atoms with Crippen molar-refractivity contribution >= 4 is 22.7 Å². The van der Waals surface area contributed by atoms with E-state index in [-0.39, 0.29) is 0 Å². The van der Waals surface area contributed by atoms with Gasteiger partial charge in [0.15, 0.2) is 5.65 Å². The minimum absolute atomic E-state index is 0.299. The number of hydrogen-bond acceptors (Lipinski definition) is 6. The largest absolute Gasteiger partial charge is 0.462 e. The summed E-state index contributed by atoms with van der Waals surface area (Å²) < 4.78 is 6.82. The maximum Gasteiger partial charge on any atom is 0.341 e. The van der Waals surface area contributed by atoms with E-state index >= 15 is 0 Å². The Labute approximate surface area is 147 Å². The number of fused-ring (bicyclic) bond motifs is 1. The van der Waals surface area contributed by atoms with Gasteiger partial charge in [0.25, 0.3) is 0 Å². The molecule has 7 nitrogen and oxygen atoms in total. The lowest BCUT2D eigenvalue weighted by Crippen LogP contribution is -2.36. The van der Waals surface area contributed by atoms with Gasteiger partial charge in [-0.15, -0.1) is 0 Å². The van der Waals surface area contributed by atoms with Crippen LogP contribution in [0, 0.1) is 0 Å². The van der Waals surface area contributed by atoms with E-state index in [2.05, 4.69) is 15.4 Å². The first kappa shape index (κ1) is 17.7. The first-order valence-electron chi connectivity index (χ1n) is 8.98. The van der Waals surface area contributed by atoms with Gasteiger partial charge in [-0.1, -0.05) is 25.7 Å². The van der Waals surface area contributed by atoms with Crippen molar-refractivity contribution < 1.29 is 14.6 Å². The number of aliphatic hydroxyl groups is 1. The summed E-state index contributed by atoms with van der Waals surface area (Å²) in [7, 11) is 1.81. The van der Waals surface area contributed by atoms with Crippen LogP contribution in [0.5, 0.6) is 0 Å². The van der Waals surface area contributed by atoms with Crippen molar-refractivity contribution in [3.63, 3.8) is 0 Å². The number of nitrogens with one attached hydrogen (secondary N) is 1. The summed E-state index contributed by atoms with van der Waals surface area (Å²) in [5, 5.41) is 19.2. The van der Waals surface area contributed by atoms with Gasteiger partial charge in [0, 0.05) is 19.8 Å². The number of anilines is 1. The van der Waals surface area contributed by atoms with Crippen molar-refractivity contribution in [2.24, 2.45) is 7.05 Å². The van der Waals surface area contributed by atoms with Crippen LogP contribution in [-0.4, -0.2) is 44.6 Å². The molecule has 2 aromatic rings. The Morgan fingerprint density at radius 2 is 2.04 bits per heavy atom. The number of hydrogen-bond donors (Lipinski definition) is 2. The molecule has 7 heteroatoms. The molecule has 1 aliphatic carbocycles. The van der Waals surface area contributed by atoms with E-state index in [9.17, 15) is 9.90 Å². The van der Waals surface area contributed by atoms with E-state index in [1.165, 1.54) is 19.0 Å². The lowest BCUT2D eigenvalue weighted by molar-refractivity contribution is 0.0379. The lowest BCUT2D eigenvalue weighted by atomic mass is 9.94. The van der Waals surface area contributed by atoms with Crippen molar-refractivity contribution in [1.82, 2.24) is 14.8 Å². The molecule has 0 radical (unpaired) electrons. The summed E-state index contributed by atoms with van der Waals surface area (Å²) in [6.07, 6.45) is 9.14. The summed E-state index contributed by atoms with van der Waals surface area (Å²) in [6, 6.07) is 0. The quantitative estimate of drug-likeness (QED) is 0.639. The van der Waals surface area contributed by atoms with Crippen LogP contribution in [0.2, 0.25) is 0 Å². The fourth-order valence-electron chi connectivity index (χ4n) is 3.47. The average molecular weight is 346 g/mol. The maximum absolute atomic E-state index is 12.3. The van der Waals surface area contributed by atoms with Crippen LogP contribution < -0.4 is 5.32 Å². The van der Waals surface area contributed by atoms with Gasteiger partial charge in [0.2, 0.25) is 0 Å². The zero-order chi connectivity index (χ0) is 17.9. The Bertz CT molecular complexity index is 748. The summed E-state index contributed by atoms with van der Waals surface area (Å²) in [5.74, 6) is -0.420. The first-order valence-corrected chi connectivity index (χ1v) is 8.98. The second-order valence-corrected chi connectivity index (χ2v) is 6.76. The smallest absolute Gasteiger partial charge is 0.341 e. The Morgan fingerprint density at radius 3 is 2.72 bits per heavy atom. The second-order valence-electron chi connectivity index (χ2n) is 6.76. The van der Waals surface area contributed by atoms with Crippen LogP contribution >= 0.6 is 0 Å². The zero-order valence-electron chi connectivity index (χ0n) is 14.9. The Hall–Kier alpha value is -2.15. The molecular weight excluding hydrogens is 320 g/mol. The van der Waals surface area contributed by atoms with Crippen molar-refractivity contribution in [2.45, 2.75) is 51.0 Å².